The van der Waals surface area contributed by atoms with E-state index in [2.05, 4.69) is 25.9 Å². The highest BCUT2D eigenvalue weighted by atomic mass is 79.9. The van der Waals surface area contributed by atoms with Crippen molar-refractivity contribution in [3.8, 4) is 11.3 Å². The van der Waals surface area contributed by atoms with E-state index in [1.807, 2.05) is 36.4 Å². The predicted molar refractivity (Wildman–Crippen MR) is 107 cm³/mol. The summed E-state index contributed by atoms with van der Waals surface area (Å²) in [4.78, 5) is 21.4. The summed E-state index contributed by atoms with van der Waals surface area (Å²) in [5, 5.41) is 0.668. The van der Waals surface area contributed by atoms with Gasteiger partial charge in [0.1, 0.15) is 5.65 Å². The van der Waals surface area contributed by atoms with Gasteiger partial charge in [0.15, 0.2) is 5.16 Å². The van der Waals surface area contributed by atoms with Gasteiger partial charge in [0.05, 0.1) is 17.6 Å². The highest BCUT2D eigenvalue weighted by Gasteiger charge is 2.10. The highest BCUT2D eigenvalue weighted by molar-refractivity contribution is 9.10. The molecule has 2 N–H and O–H groups in total. The van der Waals surface area contributed by atoms with Crippen LogP contribution in [0.4, 0.5) is 0 Å². The van der Waals surface area contributed by atoms with Crippen LogP contribution in [0.2, 0.25) is 0 Å². The van der Waals surface area contributed by atoms with E-state index >= 15 is 0 Å². The van der Waals surface area contributed by atoms with Crippen molar-refractivity contribution in [2.24, 2.45) is 0 Å². The summed E-state index contributed by atoms with van der Waals surface area (Å²) in [7, 11) is 0. The monoisotopic (exact) mass is 427 g/mol. The molecule has 3 aromatic heterocycles. The van der Waals surface area contributed by atoms with Crippen LogP contribution in [0.25, 0.3) is 16.9 Å². The topological polar surface area (TPSA) is 78.2 Å². The van der Waals surface area contributed by atoms with Crippen molar-refractivity contribution in [1.29, 1.82) is 0 Å². The Hall–Kier alpha value is -2.58. The molecular weight excluding hydrogens is 414 g/mol. The first-order valence-corrected chi connectivity index (χ1v) is 9.58. The van der Waals surface area contributed by atoms with Crippen molar-refractivity contribution in [2.75, 3.05) is 5.84 Å². The molecule has 4 rings (SSSR count). The predicted octanol–water partition coefficient (Wildman–Crippen LogP) is 3.33. The maximum atomic E-state index is 12.3. The van der Waals surface area contributed by atoms with Gasteiger partial charge in [0, 0.05) is 28.1 Å². The van der Waals surface area contributed by atoms with Crippen LogP contribution in [0.5, 0.6) is 0 Å². The Balaban J connectivity index is 1.58. The number of benzene rings is 1. The molecule has 130 valence electrons. The number of thioether (sulfide) groups is 1. The van der Waals surface area contributed by atoms with E-state index in [1.165, 1.54) is 26.9 Å². The lowest BCUT2D eigenvalue weighted by Gasteiger charge is -2.04. The molecule has 8 heteroatoms. The van der Waals surface area contributed by atoms with Crippen LogP contribution in [0, 0.1) is 0 Å². The average molecular weight is 428 g/mol. The van der Waals surface area contributed by atoms with Gasteiger partial charge >= 0.3 is 0 Å². The maximum Gasteiger partial charge on any atom is 0.258 e. The van der Waals surface area contributed by atoms with Crippen molar-refractivity contribution < 1.29 is 0 Å². The fourth-order valence-corrected chi connectivity index (χ4v) is 3.70. The van der Waals surface area contributed by atoms with Crippen LogP contribution in [-0.2, 0) is 5.75 Å². The summed E-state index contributed by atoms with van der Waals surface area (Å²) in [6, 6.07) is 15.1. The Morgan fingerprint density at radius 2 is 1.88 bits per heavy atom. The number of imidazole rings is 1. The summed E-state index contributed by atoms with van der Waals surface area (Å²) >= 11 is 4.80. The zero-order valence-electron chi connectivity index (χ0n) is 13.5. The summed E-state index contributed by atoms with van der Waals surface area (Å²) in [5.74, 6) is 6.53. The van der Waals surface area contributed by atoms with Gasteiger partial charge in [-0.3, -0.25) is 9.20 Å². The van der Waals surface area contributed by atoms with Crippen LogP contribution in [0.15, 0.2) is 75.3 Å². The number of pyridine rings is 1. The summed E-state index contributed by atoms with van der Waals surface area (Å²) < 4.78 is 3.84. The molecule has 0 aliphatic carbocycles. The Bertz CT molecular complexity index is 1140. The summed E-state index contributed by atoms with van der Waals surface area (Å²) in [5.41, 5.74) is 3.00. The molecule has 0 amide bonds. The van der Waals surface area contributed by atoms with Gasteiger partial charge in [-0.2, -0.15) is 0 Å². The number of halogens is 1. The number of aromatic nitrogens is 4. The number of rotatable bonds is 4. The first-order valence-electron chi connectivity index (χ1n) is 7.81. The molecular formula is C18H14BrN5OS. The van der Waals surface area contributed by atoms with Crippen molar-refractivity contribution in [3.63, 3.8) is 0 Å². The Morgan fingerprint density at radius 3 is 2.69 bits per heavy atom. The van der Waals surface area contributed by atoms with Crippen molar-refractivity contribution >= 4 is 33.3 Å². The van der Waals surface area contributed by atoms with E-state index in [4.69, 9.17) is 5.84 Å². The van der Waals surface area contributed by atoms with Crippen molar-refractivity contribution in [1.82, 2.24) is 19.0 Å². The van der Waals surface area contributed by atoms with E-state index < -0.39 is 0 Å². The average Bonchev–Trinajstić information content (AvgIpc) is 3.02. The van der Waals surface area contributed by atoms with Gasteiger partial charge < -0.3 is 5.84 Å². The van der Waals surface area contributed by atoms with Crippen molar-refractivity contribution in [2.45, 2.75) is 10.9 Å². The number of hydrogen-bond acceptors (Lipinski definition) is 5. The van der Waals surface area contributed by atoms with Gasteiger partial charge in [-0.1, -0.05) is 42.1 Å². The third-order valence-corrected chi connectivity index (χ3v) is 5.26. The molecule has 0 radical (unpaired) electrons. The van der Waals surface area contributed by atoms with E-state index in [-0.39, 0.29) is 5.56 Å². The minimum Gasteiger partial charge on any atom is -0.337 e. The van der Waals surface area contributed by atoms with Gasteiger partial charge in [-0.25, -0.2) is 14.6 Å². The molecule has 0 aliphatic heterocycles. The fourth-order valence-electron chi connectivity index (χ4n) is 2.57. The lowest BCUT2D eigenvalue weighted by atomic mass is 10.2. The number of hydrogen-bond donors (Lipinski definition) is 1. The zero-order chi connectivity index (χ0) is 18.1. The fraction of sp³-hybridized carbons (Fsp3) is 0.0556. The van der Waals surface area contributed by atoms with Crippen LogP contribution in [0.1, 0.15) is 5.69 Å². The Morgan fingerprint density at radius 1 is 1.08 bits per heavy atom. The molecule has 6 nitrogen and oxygen atoms in total. The minimum atomic E-state index is -0.118. The molecule has 0 unspecified atom stereocenters. The zero-order valence-corrected chi connectivity index (χ0v) is 15.9. The molecule has 0 fully saturated rings. The SMILES string of the molecule is Nn1cc(-c2ccccc2)nc1SCc1cc(=O)n2cc(Br)ccc2n1. The van der Waals surface area contributed by atoms with Crippen LogP contribution in [0.3, 0.4) is 0 Å². The smallest absolute Gasteiger partial charge is 0.258 e. The molecule has 0 aliphatic rings. The van der Waals surface area contributed by atoms with Gasteiger partial charge in [-0.15, -0.1) is 0 Å². The van der Waals surface area contributed by atoms with E-state index in [0.717, 1.165) is 15.7 Å². The van der Waals surface area contributed by atoms with E-state index in [0.29, 0.717) is 22.3 Å². The number of fused-ring (bicyclic) bond motifs is 1. The van der Waals surface area contributed by atoms with E-state index in [9.17, 15) is 4.79 Å². The molecule has 4 aromatic rings. The lowest BCUT2D eigenvalue weighted by molar-refractivity contribution is 0.850. The highest BCUT2D eigenvalue weighted by Crippen LogP contribution is 2.24. The van der Waals surface area contributed by atoms with Crippen LogP contribution < -0.4 is 11.4 Å². The summed E-state index contributed by atoms with van der Waals surface area (Å²) in [6.07, 6.45) is 3.50. The number of nitrogens with zero attached hydrogens (tertiary/aromatic N) is 4. The molecule has 0 saturated heterocycles. The summed E-state index contributed by atoms with van der Waals surface area (Å²) in [6.45, 7) is 0. The Kier molecular flexibility index (Phi) is 4.52. The number of nitrogen functional groups attached to an aromatic ring is 1. The maximum absolute atomic E-state index is 12.3. The molecule has 0 spiro atoms. The molecule has 0 bridgehead atoms. The third-order valence-electron chi connectivity index (χ3n) is 3.79. The second kappa shape index (κ2) is 6.97. The molecule has 1 aromatic carbocycles. The standard InChI is InChI=1S/C18H14BrN5OS/c19-13-6-7-16-21-14(8-17(25)23(16)9-13)11-26-18-22-15(10-24(18)20)12-4-2-1-3-5-12/h1-10H,11,20H2. The number of nitrogens with two attached hydrogens (primary N) is 1. The molecule has 3 heterocycles. The third kappa shape index (κ3) is 3.38. The van der Waals surface area contributed by atoms with Gasteiger partial charge in [0.2, 0.25) is 0 Å². The normalized spacial score (nSPS) is 11.1. The first kappa shape index (κ1) is 16.9. The second-order valence-electron chi connectivity index (χ2n) is 5.63. The quantitative estimate of drug-likeness (QED) is 0.399. The minimum absolute atomic E-state index is 0.118. The molecule has 0 saturated carbocycles. The van der Waals surface area contributed by atoms with Gasteiger partial charge in [0.25, 0.3) is 5.56 Å². The van der Waals surface area contributed by atoms with E-state index in [1.54, 1.807) is 18.5 Å². The largest absolute Gasteiger partial charge is 0.337 e. The second-order valence-corrected chi connectivity index (χ2v) is 7.49. The van der Waals surface area contributed by atoms with Gasteiger partial charge in [-0.05, 0) is 28.1 Å². The molecule has 26 heavy (non-hydrogen) atoms. The molecule has 0 atom stereocenters. The lowest BCUT2D eigenvalue weighted by Crippen LogP contribution is -2.15. The Labute approximate surface area is 161 Å². The van der Waals surface area contributed by atoms with Crippen LogP contribution in [-0.4, -0.2) is 19.0 Å². The first-order chi connectivity index (χ1) is 12.6. The van der Waals surface area contributed by atoms with Crippen molar-refractivity contribution in [3.05, 3.63) is 81.4 Å². The van der Waals surface area contributed by atoms with Crippen LogP contribution >= 0.6 is 27.7 Å².